The molecule has 0 saturated heterocycles. The second kappa shape index (κ2) is 10.4. The van der Waals surface area contributed by atoms with Crippen molar-refractivity contribution in [2.45, 2.75) is 82.7 Å². The third-order valence-electron chi connectivity index (χ3n) is 8.96. The minimum atomic E-state index is -0.810. The lowest BCUT2D eigenvalue weighted by Gasteiger charge is -2.37. The summed E-state index contributed by atoms with van der Waals surface area (Å²) in [5.41, 5.74) is 7.50. The van der Waals surface area contributed by atoms with Crippen LogP contribution in [0.15, 0.2) is 73.1 Å². The summed E-state index contributed by atoms with van der Waals surface area (Å²) < 4.78 is 4.90. The van der Waals surface area contributed by atoms with Gasteiger partial charge in [0.2, 0.25) is 5.91 Å². The third kappa shape index (κ3) is 4.55. The van der Waals surface area contributed by atoms with Gasteiger partial charge in [-0.25, -0.2) is 9.13 Å². The Labute approximate surface area is 210 Å². The van der Waals surface area contributed by atoms with E-state index in [1.54, 1.807) is 0 Å². The van der Waals surface area contributed by atoms with E-state index in [0.29, 0.717) is 6.04 Å². The number of nitrogens with zero attached hydrogens (tertiary/aromatic N) is 2. The summed E-state index contributed by atoms with van der Waals surface area (Å²) in [5, 5.41) is 0. The zero-order valence-electron chi connectivity index (χ0n) is 21.1. The zero-order valence-corrected chi connectivity index (χ0v) is 21.1. The number of rotatable bonds is 8. The SMILES string of the molecule is Cc1n([C@H]2CC[C@@H](C(C(N)=O)(c3ccccc3)c3ccccc3)C2)cc[n+]1CCC1CCCCC1. The number of carbonyl (C=O) groups is 1. The molecule has 2 aliphatic rings. The van der Waals surface area contributed by atoms with E-state index in [2.05, 4.69) is 52.7 Å². The van der Waals surface area contributed by atoms with E-state index in [9.17, 15) is 4.79 Å². The number of amides is 1. The van der Waals surface area contributed by atoms with Crippen LogP contribution in [0.3, 0.4) is 0 Å². The number of aryl methyl sites for hydroxylation is 1. The molecule has 3 aromatic rings. The smallest absolute Gasteiger partial charge is 0.253 e. The summed E-state index contributed by atoms with van der Waals surface area (Å²) in [7, 11) is 0. The maximum Gasteiger partial charge on any atom is 0.253 e. The van der Waals surface area contributed by atoms with Gasteiger partial charge in [0, 0.05) is 6.92 Å². The van der Waals surface area contributed by atoms with E-state index in [1.165, 1.54) is 44.3 Å². The van der Waals surface area contributed by atoms with E-state index in [1.807, 2.05) is 36.4 Å². The number of hydrogen-bond donors (Lipinski definition) is 1. The molecular formula is C31H40N3O+. The van der Waals surface area contributed by atoms with Crippen molar-refractivity contribution in [3.8, 4) is 0 Å². The van der Waals surface area contributed by atoms with Gasteiger partial charge in [0.05, 0.1) is 6.54 Å². The van der Waals surface area contributed by atoms with Gasteiger partial charge >= 0.3 is 0 Å². The van der Waals surface area contributed by atoms with Crippen molar-refractivity contribution in [3.63, 3.8) is 0 Å². The first-order valence-corrected chi connectivity index (χ1v) is 13.6. The van der Waals surface area contributed by atoms with Crippen LogP contribution in [0.25, 0.3) is 0 Å². The van der Waals surface area contributed by atoms with Crippen molar-refractivity contribution in [2.24, 2.45) is 17.6 Å². The Hall–Kier alpha value is -2.88. The fourth-order valence-corrected chi connectivity index (χ4v) is 7.07. The van der Waals surface area contributed by atoms with Crippen LogP contribution in [0.4, 0.5) is 0 Å². The first-order chi connectivity index (χ1) is 17.1. The molecule has 2 saturated carbocycles. The predicted molar refractivity (Wildman–Crippen MR) is 140 cm³/mol. The number of nitrogens with two attached hydrogens (primary N) is 1. The summed E-state index contributed by atoms with van der Waals surface area (Å²) in [5.74, 6) is 2.14. The van der Waals surface area contributed by atoms with E-state index < -0.39 is 5.41 Å². The normalized spacial score (nSPS) is 21.3. The molecule has 1 amide bonds. The predicted octanol–water partition coefficient (Wildman–Crippen LogP) is 5.87. The Kier molecular flexibility index (Phi) is 7.08. The van der Waals surface area contributed by atoms with Crippen molar-refractivity contribution in [2.75, 3.05) is 0 Å². The number of hydrogen-bond acceptors (Lipinski definition) is 1. The van der Waals surface area contributed by atoms with Gasteiger partial charge in [-0.1, -0.05) is 92.8 Å². The molecule has 2 aliphatic carbocycles. The maximum absolute atomic E-state index is 13.4. The first-order valence-electron chi connectivity index (χ1n) is 13.6. The van der Waals surface area contributed by atoms with Crippen LogP contribution in [-0.4, -0.2) is 10.5 Å². The van der Waals surface area contributed by atoms with Gasteiger partial charge in [0.15, 0.2) is 0 Å². The molecule has 4 nitrogen and oxygen atoms in total. The molecular weight excluding hydrogens is 430 g/mol. The molecule has 0 unspecified atom stereocenters. The van der Waals surface area contributed by atoms with Crippen LogP contribution in [0, 0.1) is 18.8 Å². The highest BCUT2D eigenvalue weighted by Crippen LogP contribution is 2.50. The second-order valence-electron chi connectivity index (χ2n) is 10.8. The number of aromatic nitrogens is 2. The number of benzene rings is 2. The lowest BCUT2D eigenvalue weighted by molar-refractivity contribution is -0.703. The summed E-state index contributed by atoms with van der Waals surface area (Å²) in [6, 6.07) is 20.8. The second-order valence-corrected chi connectivity index (χ2v) is 10.8. The molecule has 5 rings (SSSR count). The fraction of sp³-hybridized carbons (Fsp3) is 0.484. The van der Waals surface area contributed by atoms with Crippen LogP contribution < -0.4 is 10.3 Å². The molecule has 2 atom stereocenters. The van der Waals surface area contributed by atoms with Crippen LogP contribution in [0.5, 0.6) is 0 Å². The largest absolute Gasteiger partial charge is 0.369 e. The van der Waals surface area contributed by atoms with Crippen molar-refractivity contribution in [1.29, 1.82) is 0 Å². The van der Waals surface area contributed by atoms with Gasteiger partial charge in [0.25, 0.3) is 5.82 Å². The molecule has 2 N–H and O–H groups in total. The van der Waals surface area contributed by atoms with Crippen LogP contribution in [-0.2, 0) is 16.8 Å². The van der Waals surface area contributed by atoms with Gasteiger partial charge in [-0.05, 0) is 48.6 Å². The minimum absolute atomic E-state index is 0.160. The van der Waals surface area contributed by atoms with E-state index >= 15 is 0 Å². The molecule has 4 heteroatoms. The Morgan fingerprint density at radius 2 is 1.57 bits per heavy atom. The maximum atomic E-state index is 13.4. The van der Waals surface area contributed by atoms with E-state index in [-0.39, 0.29) is 11.8 Å². The summed E-state index contributed by atoms with van der Waals surface area (Å²) in [4.78, 5) is 13.4. The summed E-state index contributed by atoms with van der Waals surface area (Å²) >= 11 is 0. The molecule has 0 spiro atoms. The number of primary amides is 1. The Bertz CT molecular complexity index is 1080. The first kappa shape index (κ1) is 23.8. The highest BCUT2D eigenvalue weighted by molar-refractivity contribution is 5.91. The lowest BCUT2D eigenvalue weighted by Crippen LogP contribution is -2.47. The molecule has 0 radical (unpaired) electrons. The average molecular weight is 471 g/mol. The monoisotopic (exact) mass is 470 g/mol. The Morgan fingerprint density at radius 3 is 2.17 bits per heavy atom. The lowest BCUT2D eigenvalue weighted by atomic mass is 9.64. The van der Waals surface area contributed by atoms with Gasteiger partial charge in [0.1, 0.15) is 23.9 Å². The number of imidazole rings is 1. The van der Waals surface area contributed by atoms with Gasteiger partial charge in [-0.15, -0.1) is 0 Å². The van der Waals surface area contributed by atoms with Crippen LogP contribution >= 0.6 is 0 Å². The summed E-state index contributed by atoms with van der Waals surface area (Å²) in [6.07, 6.45) is 15.8. The minimum Gasteiger partial charge on any atom is -0.369 e. The van der Waals surface area contributed by atoms with Crippen molar-refractivity contribution in [3.05, 3.63) is 90.0 Å². The molecule has 1 heterocycles. The number of carbonyl (C=O) groups excluding carboxylic acids is 1. The molecule has 184 valence electrons. The third-order valence-corrected chi connectivity index (χ3v) is 8.96. The quantitative estimate of drug-likeness (QED) is 0.412. The fourth-order valence-electron chi connectivity index (χ4n) is 7.07. The average Bonchev–Trinajstić information content (AvgIpc) is 3.52. The highest BCUT2D eigenvalue weighted by atomic mass is 16.1. The van der Waals surface area contributed by atoms with Gasteiger partial charge < -0.3 is 5.73 Å². The Morgan fingerprint density at radius 1 is 0.943 bits per heavy atom. The molecule has 0 aliphatic heterocycles. The standard InChI is InChI=1S/C31H39N3O/c1-24-33(20-19-25-11-5-2-6-12-25)21-22-34(24)29-18-17-28(23-29)31(30(32)35,26-13-7-3-8-14-26)27-15-9-4-10-16-27/h3-4,7-10,13-16,21-22,25,28-29H,2,5-6,11-12,17-20,23H2,1H3,(H-,32,35)/p+1/t28-,29+/m1/s1. The topological polar surface area (TPSA) is 51.9 Å². The summed E-state index contributed by atoms with van der Waals surface area (Å²) in [6.45, 7) is 3.36. The van der Waals surface area contributed by atoms with E-state index in [4.69, 9.17) is 5.73 Å². The molecule has 2 fully saturated rings. The highest BCUT2D eigenvalue weighted by Gasteiger charge is 2.51. The van der Waals surface area contributed by atoms with Crippen LogP contribution in [0.2, 0.25) is 0 Å². The molecule has 1 aromatic heterocycles. The van der Waals surface area contributed by atoms with Crippen LogP contribution in [0.1, 0.15) is 80.8 Å². The molecule has 2 aromatic carbocycles. The van der Waals surface area contributed by atoms with Gasteiger partial charge in [-0.2, -0.15) is 0 Å². The van der Waals surface area contributed by atoms with Gasteiger partial charge in [-0.3, -0.25) is 4.79 Å². The zero-order chi connectivity index (χ0) is 24.3. The molecule has 0 bridgehead atoms. The van der Waals surface area contributed by atoms with E-state index in [0.717, 1.165) is 42.9 Å². The van der Waals surface area contributed by atoms with Crippen molar-refractivity contribution < 1.29 is 9.36 Å². The van der Waals surface area contributed by atoms with Crippen molar-refractivity contribution in [1.82, 2.24) is 4.57 Å². The molecule has 35 heavy (non-hydrogen) atoms. The Balaban J connectivity index is 1.40. The van der Waals surface area contributed by atoms with Crippen molar-refractivity contribution >= 4 is 5.91 Å².